The van der Waals surface area contributed by atoms with Crippen molar-refractivity contribution in [2.24, 2.45) is 0 Å². The molecular weight excluding hydrogens is 250 g/mol. The second kappa shape index (κ2) is 5.93. The molecule has 1 aromatic carbocycles. The average Bonchev–Trinajstić information content (AvgIpc) is 2.77. The van der Waals surface area contributed by atoms with E-state index in [0.29, 0.717) is 19.1 Å². The molecule has 6 heteroatoms. The lowest BCUT2D eigenvalue weighted by Crippen LogP contribution is -2.24. The fourth-order valence-electron chi connectivity index (χ4n) is 1.53. The van der Waals surface area contributed by atoms with Crippen LogP contribution in [0.15, 0.2) is 24.3 Å². The molecule has 18 heavy (non-hydrogen) atoms. The molecule has 0 fully saturated rings. The lowest BCUT2D eigenvalue weighted by Gasteiger charge is -2.08. The van der Waals surface area contributed by atoms with Crippen LogP contribution in [0.1, 0.15) is 25.2 Å². The molecule has 2 rings (SSSR count). The Bertz CT molecular complexity index is 491. The third-order valence-electron chi connectivity index (χ3n) is 2.52. The highest BCUT2D eigenvalue weighted by Gasteiger charge is 2.06. The molecule has 0 radical (unpaired) electrons. The van der Waals surface area contributed by atoms with Gasteiger partial charge in [-0.25, -0.2) is 4.68 Å². The Balaban J connectivity index is 2.05. The van der Waals surface area contributed by atoms with Gasteiger partial charge in [-0.05, 0) is 28.1 Å². The standard InChI is InChI=1S/C12H16ClN5/c1-9(2)14-7-12-15-16-17-18(12)8-10-3-5-11(13)6-4-10/h3-6,9,14H,7-8H2,1-2H3. The van der Waals surface area contributed by atoms with Gasteiger partial charge in [0.05, 0.1) is 13.1 Å². The van der Waals surface area contributed by atoms with Crippen LogP contribution in [-0.4, -0.2) is 26.2 Å². The van der Waals surface area contributed by atoms with E-state index in [4.69, 9.17) is 11.6 Å². The van der Waals surface area contributed by atoms with E-state index in [1.54, 1.807) is 4.68 Å². The van der Waals surface area contributed by atoms with Crippen molar-refractivity contribution in [2.75, 3.05) is 0 Å². The number of nitrogens with zero attached hydrogens (tertiary/aromatic N) is 4. The van der Waals surface area contributed by atoms with Crippen LogP contribution >= 0.6 is 11.6 Å². The molecule has 0 unspecified atom stereocenters. The fraction of sp³-hybridized carbons (Fsp3) is 0.417. The number of rotatable bonds is 5. The van der Waals surface area contributed by atoms with Gasteiger partial charge in [-0.2, -0.15) is 0 Å². The molecule has 1 aromatic heterocycles. The molecule has 0 atom stereocenters. The minimum absolute atomic E-state index is 0.408. The van der Waals surface area contributed by atoms with E-state index in [0.717, 1.165) is 16.4 Å². The zero-order valence-electron chi connectivity index (χ0n) is 10.5. The molecule has 96 valence electrons. The molecule has 0 aliphatic heterocycles. The first-order chi connectivity index (χ1) is 8.65. The summed E-state index contributed by atoms with van der Waals surface area (Å²) in [5, 5.41) is 15.8. The van der Waals surface area contributed by atoms with E-state index in [-0.39, 0.29) is 0 Å². The van der Waals surface area contributed by atoms with Crippen molar-refractivity contribution < 1.29 is 0 Å². The van der Waals surface area contributed by atoms with E-state index >= 15 is 0 Å². The molecule has 0 saturated carbocycles. The predicted molar refractivity (Wildman–Crippen MR) is 70.3 cm³/mol. The minimum atomic E-state index is 0.408. The zero-order valence-corrected chi connectivity index (χ0v) is 11.2. The van der Waals surface area contributed by atoms with E-state index in [9.17, 15) is 0 Å². The molecule has 5 nitrogen and oxygen atoms in total. The summed E-state index contributed by atoms with van der Waals surface area (Å²) < 4.78 is 1.79. The van der Waals surface area contributed by atoms with E-state index in [1.807, 2.05) is 24.3 Å². The Morgan fingerprint density at radius 2 is 2.00 bits per heavy atom. The summed E-state index contributed by atoms with van der Waals surface area (Å²) in [5.41, 5.74) is 1.12. The number of nitrogens with one attached hydrogen (secondary N) is 1. The van der Waals surface area contributed by atoms with Gasteiger partial charge in [0.15, 0.2) is 5.82 Å². The SMILES string of the molecule is CC(C)NCc1nnnn1Cc1ccc(Cl)cc1. The molecule has 1 heterocycles. The molecule has 0 spiro atoms. The second-order valence-electron chi connectivity index (χ2n) is 4.41. The van der Waals surface area contributed by atoms with Gasteiger partial charge in [0.1, 0.15) is 0 Å². The van der Waals surface area contributed by atoms with Crippen LogP contribution in [0.25, 0.3) is 0 Å². The van der Waals surface area contributed by atoms with Crippen molar-refractivity contribution >= 4 is 11.6 Å². The van der Waals surface area contributed by atoms with Crippen LogP contribution in [-0.2, 0) is 13.1 Å². The summed E-state index contributed by atoms with van der Waals surface area (Å²) in [4.78, 5) is 0. The first-order valence-corrected chi connectivity index (χ1v) is 6.26. The summed E-state index contributed by atoms with van der Waals surface area (Å²) in [6.07, 6.45) is 0. The first-order valence-electron chi connectivity index (χ1n) is 5.88. The van der Waals surface area contributed by atoms with Crippen LogP contribution < -0.4 is 5.32 Å². The molecule has 0 bridgehead atoms. The van der Waals surface area contributed by atoms with E-state index in [1.165, 1.54) is 0 Å². The van der Waals surface area contributed by atoms with Gasteiger partial charge in [0.25, 0.3) is 0 Å². The normalized spacial score (nSPS) is 11.1. The Labute approximate surface area is 111 Å². The average molecular weight is 266 g/mol. The zero-order chi connectivity index (χ0) is 13.0. The quantitative estimate of drug-likeness (QED) is 0.897. The molecule has 2 aromatic rings. The third kappa shape index (κ3) is 3.51. The third-order valence-corrected chi connectivity index (χ3v) is 2.77. The highest BCUT2D eigenvalue weighted by molar-refractivity contribution is 6.30. The monoisotopic (exact) mass is 265 g/mol. The van der Waals surface area contributed by atoms with Gasteiger partial charge in [-0.15, -0.1) is 5.10 Å². The summed E-state index contributed by atoms with van der Waals surface area (Å²) in [7, 11) is 0. The Hall–Kier alpha value is -1.46. The highest BCUT2D eigenvalue weighted by atomic mass is 35.5. The first kappa shape index (κ1) is 13.0. The van der Waals surface area contributed by atoms with Crippen molar-refractivity contribution in [3.05, 3.63) is 40.7 Å². The van der Waals surface area contributed by atoms with Gasteiger partial charge in [0, 0.05) is 11.1 Å². The predicted octanol–water partition coefficient (Wildman–Crippen LogP) is 1.87. The number of benzene rings is 1. The Morgan fingerprint density at radius 1 is 1.28 bits per heavy atom. The molecule has 0 aliphatic rings. The fourth-order valence-corrected chi connectivity index (χ4v) is 1.66. The largest absolute Gasteiger partial charge is 0.308 e. The van der Waals surface area contributed by atoms with Crippen molar-refractivity contribution in [3.63, 3.8) is 0 Å². The lowest BCUT2D eigenvalue weighted by atomic mass is 10.2. The highest BCUT2D eigenvalue weighted by Crippen LogP contribution is 2.10. The van der Waals surface area contributed by atoms with Crippen molar-refractivity contribution in [1.29, 1.82) is 0 Å². The topological polar surface area (TPSA) is 55.6 Å². The molecule has 0 aliphatic carbocycles. The Kier molecular flexibility index (Phi) is 4.28. The van der Waals surface area contributed by atoms with Crippen LogP contribution in [0, 0.1) is 0 Å². The number of hydrogen-bond donors (Lipinski definition) is 1. The van der Waals surface area contributed by atoms with Gasteiger partial charge in [-0.3, -0.25) is 0 Å². The maximum Gasteiger partial charge on any atom is 0.165 e. The lowest BCUT2D eigenvalue weighted by molar-refractivity contribution is 0.537. The van der Waals surface area contributed by atoms with Gasteiger partial charge in [-0.1, -0.05) is 37.6 Å². The minimum Gasteiger partial charge on any atom is -0.308 e. The van der Waals surface area contributed by atoms with Crippen LogP contribution in [0.5, 0.6) is 0 Å². The molecule has 1 N–H and O–H groups in total. The molecule has 0 saturated heterocycles. The summed E-state index contributed by atoms with van der Waals surface area (Å²) in [5.74, 6) is 0.832. The van der Waals surface area contributed by atoms with Gasteiger partial charge < -0.3 is 5.32 Å². The summed E-state index contributed by atoms with van der Waals surface area (Å²) in [6.45, 7) is 5.50. The van der Waals surface area contributed by atoms with Crippen molar-refractivity contribution in [3.8, 4) is 0 Å². The molecule has 0 amide bonds. The summed E-state index contributed by atoms with van der Waals surface area (Å²) >= 11 is 5.85. The number of aromatic nitrogens is 4. The van der Waals surface area contributed by atoms with E-state index in [2.05, 4.69) is 34.7 Å². The summed E-state index contributed by atoms with van der Waals surface area (Å²) in [6, 6.07) is 8.10. The number of halogens is 1. The second-order valence-corrected chi connectivity index (χ2v) is 4.85. The molecular formula is C12H16ClN5. The van der Waals surface area contributed by atoms with Crippen LogP contribution in [0.2, 0.25) is 5.02 Å². The van der Waals surface area contributed by atoms with Gasteiger partial charge in [0.2, 0.25) is 0 Å². The maximum atomic E-state index is 5.85. The number of hydrogen-bond acceptors (Lipinski definition) is 4. The maximum absolute atomic E-state index is 5.85. The van der Waals surface area contributed by atoms with Crippen molar-refractivity contribution in [2.45, 2.75) is 33.0 Å². The van der Waals surface area contributed by atoms with Gasteiger partial charge >= 0.3 is 0 Å². The smallest absolute Gasteiger partial charge is 0.165 e. The van der Waals surface area contributed by atoms with E-state index < -0.39 is 0 Å². The van der Waals surface area contributed by atoms with Crippen molar-refractivity contribution in [1.82, 2.24) is 25.5 Å². The Morgan fingerprint density at radius 3 is 2.67 bits per heavy atom. The van der Waals surface area contributed by atoms with Crippen LogP contribution in [0.4, 0.5) is 0 Å². The van der Waals surface area contributed by atoms with Crippen LogP contribution in [0.3, 0.4) is 0 Å². The number of tetrazole rings is 1.